The summed E-state index contributed by atoms with van der Waals surface area (Å²) in [4.78, 5) is 14.4. The normalized spacial score (nSPS) is 14.5. The van der Waals surface area contributed by atoms with Crippen molar-refractivity contribution in [3.63, 3.8) is 0 Å². The lowest BCUT2D eigenvalue weighted by Gasteiger charge is -2.28. The van der Waals surface area contributed by atoms with Crippen LogP contribution in [0, 0.1) is 0 Å². The molecular formula is C17H23N5OS. The van der Waals surface area contributed by atoms with Gasteiger partial charge in [0.2, 0.25) is 0 Å². The number of carbonyl (C=O) groups is 1. The van der Waals surface area contributed by atoms with E-state index in [0.717, 1.165) is 31.7 Å². The summed E-state index contributed by atoms with van der Waals surface area (Å²) in [6, 6.07) is 7.75. The number of nitrogens with one attached hydrogen (secondary N) is 2. The summed E-state index contributed by atoms with van der Waals surface area (Å²) in [6.07, 6.45) is 4.50. The highest BCUT2D eigenvalue weighted by atomic mass is 32.2. The average Bonchev–Trinajstić information content (AvgIpc) is 3.03. The summed E-state index contributed by atoms with van der Waals surface area (Å²) < 4.78 is 1.82. The van der Waals surface area contributed by atoms with Gasteiger partial charge < -0.3 is 15.5 Å². The van der Waals surface area contributed by atoms with Crippen molar-refractivity contribution in [1.82, 2.24) is 9.78 Å². The van der Waals surface area contributed by atoms with Gasteiger partial charge >= 0.3 is 6.03 Å². The van der Waals surface area contributed by atoms with Crippen LogP contribution in [0.1, 0.15) is 13.3 Å². The third kappa shape index (κ3) is 4.44. The van der Waals surface area contributed by atoms with E-state index in [2.05, 4.69) is 39.7 Å². The standard InChI is InChI=1S/C17H23N5OS/c1-2-7-22-13-15(12-18-22)20-17(23)19-14-3-5-16(6-4-14)21-8-10-24-11-9-21/h3-6,12-13H,2,7-11H2,1H3,(H2,19,20,23). The van der Waals surface area contributed by atoms with Crippen molar-refractivity contribution in [2.45, 2.75) is 19.9 Å². The summed E-state index contributed by atoms with van der Waals surface area (Å²) in [5.41, 5.74) is 2.69. The number of hydrogen-bond donors (Lipinski definition) is 2. The molecule has 6 nitrogen and oxygen atoms in total. The average molecular weight is 345 g/mol. The van der Waals surface area contributed by atoms with E-state index in [4.69, 9.17) is 0 Å². The van der Waals surface area contributed by atoms with Crippen molar-refractivity contribution in [2.75, 3.05) is 40.1 Å². The highest BCUT2D eigenvalue weighted by molar-refractivity contribution is 7.99. The number of rotatable bonds is 5. The van der Waals surface area contributed by atoms with Gasteiger partial charge in [-0.15, -0.1) is 0 Å². The number of hydrogen-bond acceptors (Lipinski definition) is 4. The molecule has 0 aliphatic carbocycles. The molecule has 0 atom stereocenters. The number of aryl methyl sites for hydroxylation is 1. The molecule has 0 radical (unpaired) electrons. The van der Waals surface area contributed by atoms with Gasteiger partial charge in [0, 0.05) is 48.7 Å². The molecule has 0 saturated carbocycles. The van der Waals surface area contributed by atoms with Gasteiger partial charge in [0.05, 0.1) is 11.9 Å². The minimum Gasteiger partial charge on any atom is -0.370 e. The summed E-state index contributed by atoms with van der Waals surface area (Å²) in [5.74, 6) is 2.35. The molecule has 0 unspecified atom stereocenters. The fourth-order valence-corrected chi connectivity index (χ4v) is 3.55. The van der Waals surface area contributed by atoms with Crippen molar-refractivity contribution in [2.24, 2.45) is 0 Å². The SMILES string of the molecule is CCCn1cc(NC(=O)Nc2ccc(N3CCSCC3)cc2)cn1. The smallest absolute Gasteiger partial charge is 0.323 e. The summed E-state index contributed by atoms with van der Waals surface area (Å²) in [6.45, 7) is 5.10. The van der Waals surface area contributed by atoms with Gasteiger partial charge in [-0.3, -0.25) is 4.68 Å². The van der Waals surface area contributed by atoms with Crippen LogP contribution in [0.4, 0.5) is 21.9 Å². The van der Waals surface area contributed by atoms with Gasteiger partial charge in [-0.25, -0.2) is 4.79 Å². The number of carbonyl (C=O) groups excluding carboxylic acids is 1. The number of anilines is 3. The Kier molecular flexibility index (Phi) is 5.63. The number of benzene rings is 1. The van der Waals surface area contributed by atoms with Gasteiger partial charge in [-0.2, -0.15) is 16.9 Å². The first kappa shape index (κ1) is 16.7. The third-order valence-corrected chi connectivity index (χ3v) is 4.79. The molecule has 24 heavy (non-hydrogen) atoms. The highest BCUT2D eigenvalue weighted by Crippen LogP contribution is 2.21. The molecule has 1 aliphatic rings. The lowest BCUT2D eigenvalue weighted by Crippen LogP contribution is -2.32. The van der Waals surface area contributed by atoms with Crippen LogP contribution in [-0.4, -0.2) is 40.4 Å². The topological polar surface area (TPSA) is 62.2 Å². The number of thioether (sulfide) groups is 1. The van der Waals surface area contributed by atoms with Crippen LogP contribution >= 0.6 is 11.8 Å². The van der Waals surface area contributed by atoms with Crippen LogP contribution in [0.5, 0.6) is 0 Å². The van der Waals surface area contributed by atoms with Crippen molar-refractivity contribution >= 4 is 34.9 Å². The zero-order chi connectivity index (χ0) is 16.8. The molecule has 2 N–H and O–H groups in total. The Labute approximate surface area is 146 Å². The van der Waals surface area contributed by atoms with Crippen LogP contribution in [-0.2, 0) is 6.54 Å². The monoisotopic (exact) mass is 345 g/mol. The Balaban J connectivity index is 1.53. The van der Waals surface area contributed by atoms with Crippen molar-refractivity contribution in [3.8, 4) is 0 Å². The van der Waals surface area contributed by atoms with Crippen LogP contribution in [0.15, 0.2) is 36.7 Å². The molecule has 0 spiro atoms. The number of nitrogens with zero attached hydrogens (tertiary/aromatic N) is 3. The minimum atomic E-state index is -0.256. The lowest BCUT2D eigenvalue weighted by molar-refractivity contribution is 0.262. The van der Waals surface area contributed by atoms with Gasteiger partial charge in [0.1, 0.15) is 0 Å². The Morgan fingerprint density at radius 3 is 2.58 bits per heavy atom. The molecule has 1 aliphatic heterocycles. The van der Waals surface area contributed by atoms with Gasteiger partial charge in [0.15, 0.2) is 0 Å². The lowest BCUT2D eigenvalue weighted by atomic mass is 10.2. The molecule has 2 amide bonds. The summed E-state index contributed by atoms with van der Waals surface area (Å²) >= 11 is 2.00. The first-order valence-electron chi connectivity index (χ1n) is 8.28. The van der Waals surface area contributed by atoms with Crippen molar-refractivity contribution in [1.29, 1.82) is 0 Å². The largest absolute Gasteiger partial charge is 0.370 e. The number of amides is 2. The maximum absolute atomic E-state index is 12.1. The fraction of sp³-hybridized carbons (Fsp3) is 0.412. The highest BCUT2D eigenvalue weighted by Gasteiger charge is 2.11. The molecule has 1 aromatic heterocycles. The molecule has 7 heteroatoms. The quantitative estimate of drug-likeness (QED) is 0.871. The number of aromatic nitrogens is 2. The van der Waals surface area contributed by atoms with Gasteiger partial charge in [-0.05, 0) is 30.7 Å². The summed E-state index contributed by atoms with van der Waals surface area (Å²) in [5, 5.41) is 9.85. The third-order valence-electron chi connectivity index (χ3n) is 3.85. The predicted molar refractivity (Wildman–Crippen MR) is 101 cm³/mol. The predicted octanol–water partition coefficient (Wildman–Crippen LogP) is 3.49. The second-order valence-corrected chi connectivity index (χ2v) is 6.94. The number of urea groups is 1. The molecule has 1 fully saturated rings. The Bertz CT molecular complexity index is 664. The van der Waals surface area contributed by atoms with Gasteiger partial charge in [0.25, 0.3) is 0 Å². The van der Waals surface area contributed by atoms with Crippen LogP contribution in [0.25, 0.3) is 0 Å². The molecule has 3 rings (SSSR count). The molecule has 1 aromatic carbocycles. The van der Waals surface area contributed by atoms with Crippen molar-refractivity contribution in [3.05, 3.63) is 36.7 Å². The second kappa shape index (κ2) is 8.10. The maximum Gasteiger partial charge on any atom is 0.323 e. The van der Waals surface area contributed by atoms with E-state index in [1.54, 1.807) is 6.20 Å². The molecular weight excluding hydrogens is 322 g/mol. The van der Waals surface area contributed by atoms with E-state index >= 15 is 0 Å². The molecule has 1 saturated heterocycles. The molecule has 2 aromatic rings. The van der Waals surface area contributed by atoms with Crippen LogP contribution < -0.4 is 15.5 Å². The van der Waals surface area contributed by atoms with Crippen LogP contribution in [0.3, 0.4) is 0 Å². The van der Waals surface area contributed by atoms with E-state index in [-0.39, 0.29) is 6.03 Å². The maximum atomic E-state index is 12.1. The molecule has 2 heterocycles. The zero-order valence-corrected chi connectivity index (χ0v) is 14.7. The minimum absolute atomic E-state index is 0.256. The van der Waals surface area contributed by atoms with Crippen molar-refractivity contribution < 1.29 is 4.79 Å². The van der Waals surface area contributed by atoms with Gasteiger partial charge in [-0.1, -0.05) is 6.92 Å². The first-order valence-corrected chi connectivity index (χ1v) is 9.43. The van der Waals surface area contributed by atoms with E-state index in [0.29, 0.717) is 5.69 Å². The van der Waals surface area contributed by atoms with E-state index in [9.17, 15) is 4.79 Å². The molecule has 128 valence electrons. The zero-order valence-electron chi connectivity index (χ0n) is 13.9. The Morgan fingerprint density at radius 2 is 1.88 bits per heavy atom. The van der Waals surface area contributed by atoms with E-state index in [1.165, 1.54) is 17.2 Å². The first-order chi connectivity index (χ1) is 11.7. The van der Waals surface area contributed by atoms with Crippen LogP contribution in [0.2, 0.25) is 0 Å². The Hall–Kier alpha value is -2.15. The summed E-state index contributed by atoms with van der Waals surface area (Å²) in [7, 11) is 0. The fourth-order valence-electron chi connectivity index (χ4n) is 2.65. The second-order valence-electron chi connectivity index (χ2n) is 5.72. The van der Waals surface area contributed by atoms with E-state index in [1.807, 2.05) is 34.8 Å². The Morgan fingerprint density at radius 1 is 1.17 bits per heavy atom. The van der Waals surface area contributed by atoms with E-state index < -0.39 is 0 Å². The molecule has 0 bridgehead atoms.